The van der Waals surface area contributed by atoms with Gasteiger partial charge in [-0.15, -0.1) is 0 Å². The molecule has 0 aliphatic carbocycles. The zero-order valence-electron chi connectivity index (χ0n) is 12.4. The zero-order chi connectivity index (χ0) is 17.3. The summed E-state index contributed by atoms with van der Waals surface area (Å²) >= 11 is 0. The summed E-state index contributed by atoms with van der Waals surface area (Å²) in [6, 6.07) is -1.17. The predicted molar refractivity (Wildman–Crippen MR) is 72.5 cm³/mol. The largest absolute Gasteiger partial charge is 0.480 e. The quantitative estimate of drug-likeness (QED) is 0.376. The summed E-state index contributed by atoms with van der Waals surface area (Å²) in [6.45, 7) is 2.49. The van der Waals surface area contributed by atoms with Gasteiger partial charge >= 0.3 is 17.9 Å². The van der Waals surface area contributed by atoms with Crippen molar-refractivity contribution in [2.75, 3.05) is 13.7 Å². The summed E-state index contributed by atoms with van der Waals surface area (Å²) in [7, 11) is 1.12. The molecule has 0 saturated carbocycles. The molecule has 0 aromatic carbocycles. The first kappa shape index (κ1) is 19.6. The highest BCUT2D eigenvalue weighted by molar-refractivity contribution is 5.92. The smallest absolute Gasteiger partial charge is 0.331 e. The van der Waals surface area contributed by atoms with Gasteiger partial charge in [0.1, 0.15) is 12.6 Å². The number of amides is 1. The van der Waals surface area contributed by atoms with Gasteiger partial charge in [0.2, 0.25) is 0 Å². The Morgan fingerprint density at radius 3 is 2.14 bits per heavy atom. The monoisotopic (exact) mass is 317 g/mol. The van der Waals surface area contributed by atoms with Crippen LogP contribution in [0.3, 0.4) is 0 Å². The average Bonchev–Trinajstić information content (AvgIpc) is 2.46. The summed E-state index contributed by atoms with van der Waals surface area (Å²) in [5.74, 6) is -4.34. The second-order valence-electron chi connectivity index (χ2n) is 4.57. The van der Waals surface area contributed by atoms with E-state index in [0.717, 1.165) is 19.3 Å². The Balaban J connectivity index is 4.37. The van der Waals surface area contributed by atoms with Crippen LogP contribution in [-0.2, 0) is 28.7 Å². The van der Waals surface area contributed by atoms with E-state index in [2.05, 4.69) is 14.8 Å². The number of esters is 2. The molecular formula is C13H19NO8. The van der Waals surface area contributed by atoms with E-state index in [1.54, 1.807) is 13.8 Å². The highest BCUT2D eigenvalue weighted by Crippen LogP contribution is 2.02. The Hall–Kier alpha value is -2.42. The Labute approximate surface area is 126 Å². The molecule has 9 heteroatoms. The molecule has 0 aliphatic heterocycles. The van der Waals surface area contributed by atoms with Gasteiger partial charge in [0, 0.05) is 12.2 Å². The van der Waals surface area contributed by atoms with Crippen LogP contribution in [0.4, 0.5) is 0 Å². The van der Waals surface area contributed by atoms with Crippen LogP contribution in [0, 0.1) is 5.92 Å². The maximum absolute atomic E-state index is 11.6. The molecule has 22 heavy (non-hydrogen) atoms. The Kier molecular flexibility index (Phi) is 8.46. The fourth-order valence-electron chi connectivity index (χ4n) is 1.25. The third-order valence-corrected chi connectivity index (χ3v) is 2.47. The molecule has 0 rings (SSSR count). The fourth-order valence-corrected chi connectivity index (χ4v) is 1.25. The van der Waals surface area contributed by atoms with Crippen LogP contribution >= 0.6 is 0 Å². The third-order valence-electron chi connectivity index (χ3n) is 2.47. The van der Waals surface area contributed by atoms with Gasteiger partial charge in [-0.05, 0) is 5.92 Å². The predicted octanol–water partition coefficient (Wildman–Crippen LogP) is -1.15. The number of carbonyl (C=O) groups excluding carboxylic acids is 3. The molecule has 1 amide bonds. The van der Waals surface area contributed by atoms with E-state index >= 15 is 0 Å². The van der Waals surface area contributed by atoms with Gasteiger partial charge < -0.3 is 25.0 Å². The highest BCUT2D eigenvalue weighted by Gasteiger charge is 2.27. The Morgan fingerprint density at radius 1 is 1.14 bits per heavy atom. The zero-order valence-corrected chi connectivity index (χ0v) is 12.4. The molecule has 0 aliphatic rings. The van der Waals surface area contributed by atoms with Crippen LogP contribution in [0.25, 0.3) is 0 Å². The lowest BCUT2D eigenvalue weighted by atomic mass is 10.0. The minimum Gasteiger partial charge on any atom is -0.480 e. The van der Waals surface area contributed by atoms with Crippen molar-refractivity contribution in [1.82, 2.24) is 5.32 Å². The molecule has 0 bridgehead atoms. The first-order valence-electron chi connectivity index (χ1n) is 6.33. The number of rotatable bonds is 8. The lowest BCUT2D eigenvalue weighted by Gasteiger charge is -2.19. The highest BCUT2D eigenvalue weighted by atomic mass is 16.5. The van der Waals surface area contributed by atoms with Crippen molar-refractivity contribution in [3.63, 3.8) is 0 Å². The number of aliphatic carboxylic acids is 1. The minimum atomic E-state index is -1.73. The van der Waals surface area contributed by atoms with Gasteiger partial charge in [-0.3, -0.25) is 4.79 Å². The molecule has 0 heterocycles. The topological polar surface area (TPSA) is 139 Å². The number of carbonyl (C=O) groups is 4. The maximum atomic E-state index is 11.6. The number of aliphatic hydroxyl groups excluding tert-OH is 1. The SMILES string of the molecule is COC(=O)/C=C/C(=O)OCC(O)C(=O)N[C@H](C(=O)O)C(C)C. The molecule has 3 N–H and O–H groups in total. The number of methoxy groups -OCH3 is 1. The van der Waals surface area contributed by atoms with Crippen LogP contribution in [0.5, 0.6) is 0 Å². The van der Waals surface area contributed by atoms with Gasteiger partial charge in [-0.2, -0.15) is 0 Å². The standard InChI is InChI=1S/C13H19NO8/c1-7(2)11(13(19)20)14-12(18)8(15)6-22-10(17)5-4-9(16)21-3/h4-5,7-8,11,15H,6H2,1-3H3,(H,14,18)(H,19,20)/b5-4+/t8?,11-/m0/s1. The molecule has 1 unspecified atom stereocenters. The fraction of sp³-hybridized carbons (Fsp3) is 0.538. The van der Waals surface area contributed by atoms with Crippen LogP contribution in [-0.4, -0.2) is 59.9 Å². The second kappa shape index (κ2) is 9.50. The first-order valence-corrected chi connectivity index (χ1v) is 6.33. The normalized spacial score (nSPS) is 13.5. The van der Waals surface area contributed by atoms with Crippen LogP contribution in [0.1, 0.15) is 13.8 Å². The van der Waals surface area contributed by atoms with Crippen molar-refractivity contribution in [3.05, 3.63) is 12.2 Å². The molecule has 0 spiro atoms. The number of aliphatic hydroxyl groups is 1. The Bertz CT molecular complexity index is 457. The number of carboxylic acid groups (broad SMARTS) is 1. The van der Waals surface area contributed by atoms with Crippen molar-refractivity contribution in [3.8, 4) is 0 Å². The van der Waals surface area contributed by atoms with Gasteiger partial charge in [0.05, 0.1) is 7.11 Å². The van der Waals surface area contributed by atoms with Crippen molar-refractivity contribution in [1.29, 1.82) is 0 Å². The number of hydrogen-bond donors (Lipinski definition) is 3. The lowest BCUT2D eigenvalue weighted by molar-refractivity contribution is -0.149. The summed E-state index contributed by atoms with van der Waals surface area (Å²) in [6.07, 6.45) is -0.144. The molecule has 0 saturated heterocycles. The molecular weight excluding hydrogens is 298 g/mol. The van der Waals surface area contributed by atoms with E-state index < -0.39 is 42.6 Å². The van der Waals surface area contributed by atoms with Crippen molar-refractivity contribution >= 4 is 23.8 Å². The minimum absolute atomic E-state index is 0.390. The van der Waals surface area contributed by atoms with Crippen LogP contribution < -0.4 is 5.32 Å². The van der Waals surface area contributed by atoms with E-state index in [1.807, 2.05) is 0 Å². The van der Waals surface area contributed by atoms with Gasteiger partial charge in [-0.1, -0.05) is 13.8 Å². The van der Waals surface area contributed by atoms with Crippen molar-refractivity contribution < 1.29 is 38.9 Å². The van der Waals surface area contributed by atoms with Crippen molar-refractivity contribution in [2.24, 2.45) is 5.92 Å². The number of ether oxygens (including phenoxy) is 2. The van der Waals surface area contributed by atoms with Gasteiger partial charge in [0.25, 0.3) is 5.91 Å². The molecule has 124 valence electrons. The maximum Gasteiger partial charge on any atom is 0.331 e. The van der Waals surface area contributed by atoms with Crippen LogP contribution in [0.15, 0.2) is 12.2 Å². The molecule has 0 aromatic heterocycles. The van der Waals surface area contributed by atoms with Crippen molar-refractivity contribution in [2.45, 2.75) is 26.0 Å². The summed E-state index contributed by atoms with van der Waals surface area (Å²) in [5, 5.41) is 20.5. The molecule has 2 atom stereocenters. The lowest BCUT2D eigenvalue weighted by Crippen LogP contribution is -2.49. The van der Waals surface area contributed by atoms with Gasteiger partial charge in [-0.25, -0.2) is 14.4 Å². The number of hydrogen-bond acceptors (Lipinski definition) is 7. The third kappa shape index (κ3) is 7.39. The van der Waals surface area contributed by atoms with E-state index in [-0.39, 0.29) is 5.92 Å². The second-order valence-corrected chi connectivity index (χ2v) is 4.57. The van der Waals surface area contributed by atoms with Crippen LogP contribution in [0.2, 0.25) is 0 Å². The molecule has 0 fully saturated rings. The molecule has 9 nitrogen and oxygen atoms in total. The van der Waals surface area contributed by atoms with E-state index in [9.17, 15) is 24.3 Å². The molecule has 0 radical (unpaired) electrons. The average molecular weight is 317 g/mol. The Morgan fingerprint density at radius 2 is 1.68 bits per heavy atom. The van der Waals surface area contributed by atoms with Gasteiger partial charge in [0.15, 0.2) is 6.10 Å². The summed E-state index contributed by atoms with van der Waals surface area (Å²) in [5.41, 5.74) is 0. The number of nitrogens with one attached hydrogen (secondary N) is 1. The van der Waals surface area contributed by atoms with E-state index in [0.29, 0.717) is 0 Å². The van der Waals surface area contributed by atoms with E-state index in [4.69, 9.17) is 5.11 Å². The molecule has 0 aromatic rings. The number of carboxylic acids is 1. The van der Waals surface area contributed by atoms with E-state index in [1.165, 1.54) is 0 Å². The summed E-state index contributed by atoms with van der Waals surface area (Å²) in [4.78, 5) is 44.4. The summed E-state index contributed by atoms with van der Waals surface area (Å²) < 4.78 is 8.78. The first-order chi connectivity index (χ1) is 10.2.